The normalized spacial score (nSPS) is 15.4. The van der Waals surface area contributed by atoms with Crippen molar-refractivity contribution >= 4 is 40.4 Å². The van der Waals surface area contributed by atoms with Crippen LogP contribution in [-0.4, -0.2) is 48.3 Å². The molecule has 0 unspecified atom stereocenters. The van der Waals surface area contributed by atoms with Crippen LogP contribution in [0.15, 0.2) is 53.6 Å². The summed E-state index contributed by atoms with van der Waals surface area (Å²) in [4.78, 5) is 37.5. The zero-order valence-corrected chi connectivity index (χ0v) is 15.7. The van der Waals surface area contributed by atoms with E-state index in [0.29, 0.717) is 10.6 Å². The van der Waals surface area contributed by atoms with Gasteiger partial charge in [-0.1, -0.05) is 48.2 Å². The van der Waals surface area contributed by atoms with E-state index in [1.807, 2.05) is 30.3 Å². The van der Waals surface area contributed by atoms with E-state index in [2.05, 4.69) is 0 Å². The molecule has 1 aliphatic rings. The molecule has 3 rings (SSSR count). The number of thioether (sulfide) groups is 1. The number of amides is 1. The van der Waals surface area contributed by atoms with Gasteiger partial charge >= 0.3 is 11.9 Å². The van der Waals surface area contributed by atoms with Crippen molar-refractivity contribution in [3.63, 3.8) is 0 Å². The maximum Gasteiger partial charge on any atom is 0.338 e. The molecule has 2 aromatic carbocycles. The molecule has 0 radical (unpaired) electrons. The molecule has 2 aromatic rings. The van der Waals surface area contributed by atoms with Crippen molar-refractivity contribution in [2.24, 2.45) is 0 Å². The van der Waals surface area contributed by atoms with Crippen LogP contribution in [0, 0.1) is 0 Å². The van der Waals surface area contributed by atoms with Crippen molar-refractivity contribution in [1.82, 2.24) is 4.90 Å². The Bertz CT molecular complexity index is 903. The highest BCUT2D eigenvalue weighted by atomic mass is 32.2. The van der Waals surface area contributed by atoms with E-state index in [9.17, 15) is 14.4 Å². The number of nitrogens with zero attached hydrogens (tertiary/aromatic N) is 1. The second kappa shape index (κ2) is 8.73. The number of carbonyl (C=O) groups is 3. The van der Waals surface area contributed by atoms with Crippen molar-refractivity contribution in [1.29, 1.82) is 0 Å². The summed E-state index contributed by atoms with van der Waals surface area (Å²) in [6.45, 7) is 2.21. The Kier molecular flexibility index (Phi) is 6.13. The van der Waals surface area contributed by atoms with Crippen LogP contribution in [0.4, 0.5) is 0 Å². The van der Waals surface area contributed by atoms with Gasteiger partial charge in [0.2, 0.25) is 5.91 Å². The van der Waals surface area contributed by atoms with E-state index in [1.54, 1.807) is 19.1 Å². The quantitative estimate of drug-likeness (QED) is 0.562. The number of benzene rings is 2. The van der Waals surface area contributed by atoms with Gasteiger partial charge in [0.05, 0.1) is 35.6 Å². The van der Waals surface area contributed by atoms with Gasteiger partial charge in [0.25, 0.3) is 0 Å². The number of ether oxygens (including phenoxy) is 2. The van der Waals surface area contributed by atoms with Crippen LogP contribution in [0.3, 0.4) is 0 Å². The maximum atomic E-state index is 12.4. The third kappa shape index (κ3) is 4.49. The predicted molar refractivity (Wildman–Crippen MR) is 103 cm³/mol. The molecule has 0 spiro atoms. The molecule has 0 bridgehead atoms. The molecule has 0 saturated carbocycles. The van der Waals surface area contributed by atoms with Gasteiger partial charge in [-0.3, -0.25) is 4.79 Å². The standard InChI is InChI=1S/C20H19NO5S/c1-2-25-19(23)12-18-21(17(22)13-27-18)10-11-26-20(24)16-9-5-7-14-6-3-4-8-15(14)16/h3-9,12H,2,10-11,13H2,1H3/b18-12-. The summed E-state index contributed by atoms with van der Waals surface area (Å²) >= 11 is 1.27. The van der Waals surface area contributed by atoms with Crippen molar-refractivity contribution in [2.45, 2.75) is 6.92 Å². The lowest BCUT2D eigenvalue weighted by Crippen LogP contribution is -2.29. The highest BCUT2D eigenvalue weighted by Gasteiger charge is 2.27. The molecular weight excluding hydrogens is 366 g/mol. The van der Waals surface area contributed by atoms with Gasteiger partial charge in [0.1, 0.15) is 6.61 Å². The Labute approximate surface area is 161 Å². The smallest absolute Gasteiger partial charge is 0.338 e. The van der Waals surface area contributed by atoms with E-state index in [4.69, 9.17) is 9.47 Å². The fourth-order valence-electron chi connectivity index (χ4n) is 2.76. The summed E-state index contributed by atoms with van der Waals surface area (Å²) in [5, 5.41) is 2.29. The first kappa shape index (κ1) is 19.0. The molecule has 1 aliphatic heterocycles. The second-order valence-corrected chi connectivity index (χ2v) is 6.73. The molecule has 27 heavy (non-hydrogen) atoms. The highest BCUT2D eigenvalue weighted by Crippen LogP contribution is 2.28. The fraction of sp³-hybridized carbons (Fsp3) is 0.250. The van der Waals surface area contributed by atoms with Crippen LogP contribution in [0.2, 0.25) is 0 Å². The Morgan fingerprint density at radius 1 is 1.15 bits per heavy atom. The van der Waals surface area contributed by atoms with Crippen LogP contribution < -0.4 is 0 Å². The average Bonchev–Trinajstić information content (AvgIpc) is 3.01. The molecule has 1 fully saturated rings. The minimum atomic E-state index is -0.493. The third-order valence-corrected chi connectivity index (χ3v) is 5.02. The molecule has 6 nitrogen and oxygen atoms in total. The molecule has 0 N–H and O–H groups in total. The number of hydrogen-bond donors (Lipinski definition) is 0. The molecule has 0 aliphatic carbocycles. The first-order valence-electron chi connectivity index (χ1n) is 8.56. The van der Waals surface area contributed by atoms with Crippen LogP contribution >= 0.6 is 11.8 Å². The lowest BCUT2D eigenvalue weighted by atomic mass is 10.1. The third-order valence-electron chi connectivity index (χ3n) is 4.00. The van der Waals surface area contributed by atoms with Gasteiger partial charge in [0, 0.05) is 0 Å². The van der Waals surface area contributed by atoms with Gasteiger partial charge in [-0.25, -0.2) is 9.59 Å². The maximum absolute atomic E-state index is 12.4. The molecule has 7 heteroatoms. The summed E-state index contributed by atoms with van der Waals surface area (Å²) < 4.78 is 10.2. The molecule has 0 atom stereocenters. The number of fused-ring (bicyclic) bond motifs is 1. The minimum absolute atomic E-state index is 0.0362. The van der Waals surface area contributed by atoms with Gasteiger partial charge in [-0.05, 0) is 23.8 Å². The van der Waals surface area contributed by atoms with Gasteiger partial charge in [-0.2, -0.15) is 0 Å². The summed E-state index contributed by atoms with van der Waals surface area (Å²) in [5.41, 5.74) is 0.484. The van der Waals surface area contributed by atoms with Crippen molar-refractivity contribution in [3.05, 3.63) is 59.1 Å². The average molecular weight is 385 g/mol. The van der Waals surface area contributed by atoms with Crippen LogP contribution in [-0.2, 0) is 19.1 Å². The van der Waals surface area contributed by atoms with Gasteiger partial charge in [-0.15, -0.1) is 0 Å². The topological polar surface area (TPSA) is 72.9 Å². The largest absolute Gasteiger partial charge is 0.463 e. The summed E-state index contributed by atoms with van der Waals surface area (Å²) in [5.74, 6) is -0.811. The minimum Gasteiger partial charge on any atom is -0.463 e. The Morgan fingerprint density at radius 3 is 2.74 bits per heavy atom. The molecule has 1 heterocycles. The zero-order valence-electron chi connectivity index (χ0n) is 14.8. The second-order valence-electron chi connectivity index (χ2n) is 5.73. The molecular formula is C20H19NO5S. The first-order chi connectivity index (χ1) is 13.1. The van der Waals surface area contributed by atoms with E-state index in [0.717, 1.165) is 10.8 Å². The first-order valence-corrected chi connectivity index (χ1v) is 9.55. The summed E-state index contributed by atoms with van der Waals surface area (Å²) in [6.07, 6.45) is 1.30. The van der Waals surface area contributed by atoms with E-state index in [-0.39, 0.29) is 31.4 Å². The number of rotatable bonds is 6. The van der Waals surface area contributed by atoms with Crippen LogP contribution in [0.25, 0.3) is 10.8 Å². The van der Waals surface area contributed by atoms with Crippen LogP contribution in [0.1, 0.15) is 17.3 Å². The van der Waals surface area contributed by atoms with Gasteiger partial charge < -0.3 is 14.4 Å². The van der Waals surface area contributed by atoms with E-state index in [1.165, 1.54) is 22.7 Å². The van der Waals surface area contributed by atoms with Crippen LogP contribution in [0.5, 0.6) is 0 Å². The van der Waals surface area contributed by atoms with E-state index >= 15 is 0 Å². The summed E-state index contributed by atoms with van der Waals surface area (Å²) in [6, 6.07) is 13.0. The Balaban J connectivity index is 1.63. The van der Waals surface area contributed by atoms with Gasteiger partial charge in [0.15, 0.2) is 0 Å². The van der Waals surface area contributed by atoms with E-state index < -0.39 is 11.9 Å². The van der Waals surface area contributed by atoms with Crippen molar-refractivity contribution in [2.75, 3.05) is 25.5 Å². The lowest BCUT2D eigenvalue weighted by molar-refractivity contribution is -0.137. The Morgan fingerprint density at radius 2 is 1.93 bits per heavy atom. The molecule has 0 aromatic heterocycles. The Hall–Kier alpha value is -2.80. The zero-order chi connectivity index (χ0) is 19.2. The fourth-order valence-corrected chi connectivity index (χ4v) is 3.72. The molecule has 1 saturated heterocycles. The van der Waals surface area contributed by atoms with Crippen molar-refractivity contribution in [3.8, 4) is 0 Å². The number of hydrogen-bond acceptors (Lipinski definition) is 6. The SMILES string of the molecule is CCOC(=O)/C=C1\SCC(=O)N1CCOC(=O)c1cccc2ccccc12. The van der Waals surface area contributed by atoms with Crippen molar-refractivity contribution < 1.29 is 23.9 Å². The highest BCUT2D eigenvalue weighted by molar-refractivity contribution is 8.04. The number of carbonyl (C=O) groups excluding carboxylic acids is 3. The predicted octanol–water partition coefficient (Wildman–Crippen LogP) is 2.98. The number of esters is 2. The lowest BCUT2D eigenvalue weighted by Gasteiger charge is -2.17. The summed E-state index contributed by atoms with van der Waals surface area (Å²) in [7, 11) is 0. The molecule has 1 amide bonds. The molecule has 140 valence electrons. The monoisotopic (exact) mass is 385 g/mol.